The fourth-order valence-corrected chi connectivity index (χ4v) is 4.52. The lowest BCUT2D eigenvalue weighted by molar-refractivity contribution is 0.0975. The highest BCUT2D eigenvalue weighted by Gasteiger charge is 2.25. The molecule has 0 unspecified atom stereocenters. The lowest BCUT2D eigenvalue weighted by Gasteiger charge is -2.12. The summed E-state index contributed by atoms with van der Waals surface area (Å²) in [6.07, 6.45) is 8.67. The number of aliphatic imine (C=N–C) groups is 1. The molecule has 0 saturated heterocycles. The van der Waals surface area contributed by atoms with E-state index in [1.165, 1.54) is 12.1 Å². The van der Waals surface area contributed by atoms with Crippen molar-refractivity contribution in [2.24, 2.45) is 10.9 Å². The Hall–Kier alpha value is -4.33. The third-order valence-corrected chi connectivity index (χ3v) is 6.63. The van der Waals surface area contributed by atoms with Crippen LogP contribution in [0.25, 0.3) is 16.9 Å². The average molecular weight is 496 g/mol. The molecule has 2 aliphatic rings. The Morgan fingerprint density at radius 1 is 1.19 bits per heavy atom. The van der Waals surface area contributed by atoms with Crippen molar-refractivity contribution >= 4 is 22.8 Å². The fourth-order valence-electron chi connectivity index (χ4n) is 4.52. The topological polar surface area (TPSA) is 80.9 Å². The van der Waals surface area contributed by atoms with Crippen molar-refractivity contribution in [3.8, 4) is 22.9 Å². The van der Waals surface area contributed by atoms with Gasteiger partial charge in [-0.1, -0.05) is 24.3 Å². The maximum Gasteiger partial charge on any atom is 0.239 e. The number of nitrogens with zero attached hydrogens (tertiary/aromatic N) is 4. The number of anilines is 1. The van der Waals surface area contributed by atoms with Gasteiger partial charge in [0.05, 0.1) is 36.4 Å². The fraction of sp³-hybridized carbons (Fsp3) is 0.241. The van der Waals surface area contributed by atoms with Gasteiger partial charge < -0.3 is 10.1 Å². The minimum atomic E-state index is -0.391. The summed E-state index contributed by atoms with van der Waals surface area (Å²) in [6.45, 7) is 3.17. The number of imidazole rings is 1. The molecule has 1 saturated carbocycles. The predicted octanol–water partition coefficient (Wildman–Crippen LogP) is 6.04. The number of nitrogens with one attached hydrogen (secondary N) is 1. The van der Waals surface area contributed by atoms with E-state index in [1.54, 1.807) is 28.9 Å². The normalized spacial score (nSPS) is 14.7. The number of ether oxygens (including phenoxy) is 1. The van der Waals surface area contributed by atoms with Gasteiger partial charge in [0.2, 0.25) is 5.88 Å². The molecule has 4 aromatic rings. The Morgan fingerprint density at radius 2 is 2.08 bits per heavy atom. The number of ketones is 1. The van der Waals surface area contributed by atoms with Crippen molar-refractivity contribution in [3.05, 3.63) is 83.8 Å². The first kappa shape index (κ1) is 23.1. The van der Waals surface area contributed by atoms with Crippen LogP contribution >= 0.6 is 0 Å². The molecule has 0 atom stereocenters. The molecule has 186 valence electrons. The lowest BCUT2D eigenvalue weighted by Crippen LogP contribution is -2.12. The quantitative estimate of drug-likeness (QED) is 0.286. The Balaban J connectivity index is 1.37. The molecule has 7 nitrogen and oxygen atoms in total. The molecule has 1 aliphatic heterocycles. The molecule has 1 N–H and O–H groups in total. The van der Waals surface area contributed by atoms with Crippen molar-refractivity contribution in [1.29, 1.82) is 0 Å². The van der Waals surface area contributed by atoms with E-state index in [1.807, 2.05) is 37.3 Å². The number of hydrogen-bond acceptors (Lipinski definition) is 6. The van der Waals surface area contributed by atoms with Gasteiger partial charge in [0, 0.05) is 29.7 Å². The maximum absolute atomic E-state index is 13.8. The summed E-state index contributed by atoms with van der Waals surface area (Å²) in [6, 6.07) is 13.5. The second-order valence-corrected chi connectivity index (χ2v) is 9.52. The van der Waals surface area contributed by atoms with Gasteiger partial charge in [-0.25, -0.2) is 13.9 Å². The Morgan fingerprint density at radius 3 is 2.84 bits per heavy atom. The van der Waals surface area contributed by atoms with Crippen LogP contribution in [-0.4, -0.2) is 39.2 Å². The third-order valence-electron chi connectivity index (χ3n) is 6.63. The van der Waals surface area contributed by atoms with Crippen molar-refractivity contribution in [3.63, 3.8) is 0 Å². The zero-order chi connectivity index (χ0) is 25.4. The highest BCUT2D eigenvalue weighted by molar-refractivity contribution is 6.00. The molecule has 8 heteroatoms. The zero-order valence-corrected chi connectivity index (χ0v) is 20.4. The van der Waals surface area contributed by atoms with E-state index in [0.29, 0.717) is 42.5 Å². The van der Waals surface area contributed by atoms with E-state index >= 15 is 0 Å². The molecular weight excluding hydrogens is 469 g/mol. The highest BCUT2D eigenvalue weighted by atomic mass is 19.1. The molecule has 1 aliphatic carbocycles. The SMILES string of the molecule is Cc1cc(-c2cnc3c(NCC4=NCC=C4)cc(Oc4cccc(F)c4)nn23)ccc1C(=O)CC1CC1. The number of rotatable bonds is 9. The minimum Gasteiger partial charge on any atom is -0.437 e. The summed E-state index contributed by atoms with van der Waals surface area (Å²) in [5, 5.41) is 8.06. The Kier molecular flexibility index (Phi) is 6.00. The van der Waals surface area contributed by atoms with Crippen LogP contribution in [0.15, 0.2) is 71.9 Å². The molecule has 0 radical (unpaired) electrons. The van der Waals surface area contributed by atoms with Crippen LogP contribution in [0.2, 0.25) is 0 Å². The standard InChI is InChI=1S/C29H26FN5O2/c1-18-12-20(9-10-24(18)27(36)13-19-7-8-19)26-17-33-29-25(32-16-22-5-3-11-31-22)15-28(34-35(26)29)37-23-6-2-4-21(30)14-23/h2-6,9-10,12,14-15,17,19,32H,7-8,11,13,16H2,1H3. The number of aryl methyl sites for hydroxylation is 1. The van der Waals surface area contributed by atoms with Gasteiger partial charge >= 0.3 is 0 Å². The van der Waals surface area contributed by atoms with Crippen LogP contribution in [-0.2, 0) is 0 Å². The van der Waals surface area contributed by atoms with Gasteiger partial charge in [0.1, 0.15) is 11.6 Å². The number of Topliss-reactive ketones (excluding diaryl/α,β-unsaturated/α-hetero) is 1. The van der Waals surface area contributed by atoms with Crippen LogP contribution in [0.4, 0.5) is 10.1 Å². The van der Waals surface area contributed by atoms with Gasteiger partial charge in [-0.2, -0.15) is 0 Å². The second kappa shape index (κ2) is 9.61. The molecule has 3 heterocycles. The number of aromatic nitrogens is 3. The van der Waals surface area contributed by atoms with E-state index in [-0.39, 0.29) is 11.7 Å². The van der Waals surface area contributed by atoms with Crippen molar-refractivity contribution in [2.45, 2.75) is 26.2 Å². The van der Waals surface area contributed by atoms with Crippen LogP contribution in [0.1, 0.15) is 35.2 Å². The van der Waals surface area contributed by atoms with Crippen molar-refractivity contribution < 1.29 is 13.9 Å². The third kappa shape index (κ3) is 5.00. The number of carbonyl (C=O) groups is 1. The first-order valence-electron chi connectivity index (χ1n) is 12.4. The molecule has 1 fully saturated rings. The van der Waals surface area contributed by atoms with E-state index in [4.69, 9.17) is 4.74 Å². The molecule has 2 aromatic heterocycles. The number of hydrogen-bond donors (Lipinski definition) is 1. The maximum atomic E-state index is 13.8. The molecule has 0 amide bonds. The van der Waals surface area contributed by atoms with Gasteiger partial charge in [0.25, 0.3) is 0 Å². The van der Waals surface area contributed by atoms with Crippen molar-refractivity contribution in [2.75, 3.05) is 18.4 Å². The van der Waals surface area contributed by atoms with Crippen LogP contribution in [0.3, 0.4) is 0 Å². The number of carbonyl (C=O) groups excluding carboxylic acids is 1. The average Bonchev–Trinajstić information content (AvgIpc) is 3.35. The highest BCUT2D eigenvalue weighted by Crippen LogP contribution is 2.35. The lowest BCUT2D eigenvalue weighted by atomic mass is 9.98. The molecular formula is C29H26FN5O2. The monoisotopic (exact) mass is 495 g/mol. The molecule has 6 rings (SSSR count). The summed E-state index contributed by atoms with van der Waals surface area (Å²) in [7, 11) is 0. The van der Waals surface area contributed by atoms with Gasteiger partial charge in [-0.15, -0.1) is 5.10 Å². The van der Waals surface area contributed by atoms with Gasteiger partial charge in [-0.05, 0) is 55.5 Å². The Bertz CT molecular complexity index is 1570. The van der Waals surface area contributed by atoms with Crippen LogP contribution in [0.5, 0.6) is 11.6 Å². The van der Waals surface area contributed by atoms with E-state index in [9.17, 15) is 9.18 Å². The van der Waals surface area contributed by atoms with E-state index in [2.05, 4.69) is 20.4 Å². The summed E-state index contributed by atoms with van der Waals surface area (Å²) in [4.78, 5) is 21.8. The number of fused-ring (bicyclic) bond motifs is 1. The number of halogens is 1. The summed E-state index contributed by atoms with van der Waals surface area (Å²) >= 11 is 0. The second-order valence-electron chi connectivity index (χ2n) is 9.52. The van der Waals surface area contributed by atoms with Crippen LogP contribution < -0.4 is 10.1 Å². The smallest absolute Gasteiger partial charge is 0.239 e. The largest absolute Gasteiger partial charge is 0.437 e. The van der Waals surface area contributed by atoms with Crippen molar-refractivity contribution in [1.82, 2.24) is 14.6 Å². The summed E-state index contributed by atoms with van der Waals surface area (Å²) in [5.74, 6) is 0.985. The molecule has 0 spiro atoms. The minimum absolute atomic E-state index is 0.198. The first-order valence-corrected chi connectivity index (χ1v) is 12.4. The van der Waals surface area contributed by atoms with E-state index < -0.39 is 5.82 Å². The summed E-state index contributed by atoms with van der Waals surface area (Å²) in [5.41, 5.74) is 5.60. The van der Waals surface area contributed by atoms with Gasteiger partial charge in [0.15, 0.2) is 11.4 Å². The van der Waals surface area contributed by atoms with Gasteiger partial charge in [-0.3, -0.25) is 9.79 Å². The summed E-state index contributed by atoms with van der Waals surface area (Å²) < 4.78 is 21.4. The molecule has 0 bridgehead atoms. The molecule has 37 heavy (non-hydrogen) atoms. The zero-order valence-electron chi connectivity index (χ0n) is 20.4. The Labute approximate surface area is 213 Å². The molecule has 2 aromatic carbocycles. The van der Waals surface area contributed by atoms with Crippen LogP contribution in [0, 0.1) is 18.7 Å². The van der Waals surface area contributed by atoms with E-state index in [0.717, 1.165) is 40.9 Å². The predicted molar refractivity (Wildman–Crippen MR) is 141 cm³/mol. The number of benzene rings is 2. The first-order chi connectivity index (χ1) is 18.0.